The van der Waals surface area contributed by atoms with Crippen LogP contribution in [0.3, 0.4) is 0 Å². The van der Waals surface area contributed by atoms with E-state index < -0.39 is 30.8 Å². The van der Waals surface area contributed by atoms with Gasteiger partial charge < -0.3 is 5.32 Å². The summed E-state index contributed by atoms with van der Waals surface area (Å²) in [5.74, 6) is -0.934. The van der Waals surface area contributed by atoms with E-state index in [1.54, 1.807) is 12.1 Å². The average Bonchev–Trinajstić information content (AvgIpc) is 2.99. The molecule has 2 aromatic carbocycles. The van der Waals surface area contributed by atoms with Gasteiger partial charge >= 0.3 is 0 Å². The fraction of sp³-hybridized carbons (Fsp3) is 0.235. The van der Waals surface area contributed by atoms with E-state index in [9.17, 15) is 21.6 Å². The minimum atomic E-state index is -3.76. The summed E-state index contributed by atoms with van der Waals surface area (Å²) >= 11 is 11.7. The van der Waals surface area contributed by atoms with Gasteiger partial charge in [-0.25, -0.2) is 16.8 Å². The molecule has 1 aliphatic rings. The van der Waals surface area contributed by atoms with Crippen molar-refractivity contribution < 1.29 is 21.6 Å². The summed E-state index contributed by atoms with van der Waals surface area (Å²) in [5, 5.41) is 2.35. The van der Waals surface area contributed by atoms with Crippen LogP contribution in [0.2, 0.25) is 10.0 Å². The van der Waals surface area contributed by atoms with Crippen molar-refractivity contribution in [2.75, 3.05) is 16.8 Å². The Morgan fingerprint density at radius 2 is 1.70 bits per heavy atom. The Kier molecular flexibility index (Phi) is 5.54. The fourth-order valence-electron chi connectivity index (χ4n) is 2.77. The molecule has 0 aliphatic carbocycles. The third kappa shape index (κ3) is 4.45. The number of benzene rings is 2. The Bertz CT molecular complexity index is 1100. The molecule has 10 heteroatoms. The smallest absolute Gasteiger partial charge is 0.255 e. The molecule has 0 radical (unpaired) electrons. The zero-order valence-electron chi connectivity index (χ0n) is 13.9. The number of carbonyl (C=O) groups excluding carboxylic acids is 1. The van der Waals surface area contributed by atoms with E-state index in [2.05, 4.69) is 5.32 Å². The van der Waals surface area contributed by atoms with Crippen molar-refractivity contribution in [3.05, 3.63) is 58.1 Å². The molecule has 3 rings (SSSR count). The van der Waals surface area contributed by atoms with Crippen molar-refractivity contribution in [1.29, 1.82) is 0 Å². The van der Waals surface area contributed by atoms with Gasteiger partial charge in [-0.05, 0) is 48.9 Å². The highest BCUT2D eigenvalue weighted by Crippen LogP contribution is 2.27. The summed E-state index contributed by atoms with van der Waals surface area (Å²) in [6, 6.07) is 10.0. The van der Waals surface area contributed by atoms with Gasteiger partial charge in [-0.2, -0.15) is 0 Å². The highest BCUT2D eigenvalue weighted by Gasteiger charge is 2.37. The van der Waals surface area contributed by atoms with Gasteiger partial charge in [0.25, 0.3) is 5.91 Å². The number of sulfone groups is 2. The normalized spacial score (nSPS) is 19.0. The fourth-order valence-corrected chi connectivity index (χ4v) is 7.43. The summed E-state index contributed by atoms with van der Waals surface area (Å²) in [4.78, 5) is 12.3. The van der Waals surface area contributed by atoms with Crippen molar-refractivity contribution >= 4 is 54.5 Å². The summed E-state index contributed by atoms with van der Waals surface area (Å²) in [5.41, 5.74) is 0.696. The van der Waals surface area contributed by atoms with E-state index in [0.717, 1.165) is 0 Å². The van der Waals surface area contributed by atoms with Crippen molar-refractivity contribution in [1.82, 2.24) is 0 Å². The average molecular weight is 448 g/mol. The summed E-state index contributed by atoms with van der Waals surface area (Å²) in [6.45, 7) is 0. The van der Waals surface area contributed by atoms with Gasteiger partial charge in [0.15, 0.2) is 19.7 Å². The lowest BCUT2D eigenvalue weighted by atomic mass is 10.2. The molecule has 0 saturated carbocycles. The minimum absolute atomic E-state index is 0.00399. The Labute approximate surface area is 167 Å². The predicted molar refractivity (Wildman–Crippen MR) is 105 cm³/mol. The maximum absolute atomic E-state index is 12.6. The number of hydrogen-bond acceptors (Lipinski definition) is 5. The van der Waals surface area contributed by atoms with E-state index in [-0.39, 0.29) is 28.4 Å². The van der Waals surface area contributed by atoms with E-state index in [4.69, 9.17) is 23.2 Å². The number of amides is 1. The lowest BCUT2D eigenvalue weighted by Gasteiger charge is -2.11. The van der Waals surface area contributed by atoms with E-state index in [1.165, 1.54) is 30.3 Å². The molecular weight excluding hydrogens is 433 g/mol. The number of nitrogens with one attached hydrogen (secondary N) is 1. The SMILES string of the molecule is O=C(Nc1ccc(Cl)c(Cl)c1)c1ccc(S(=O)(=O)C2CCS(=O)(=O)C2)cc1. The van der Waals surface area contributed by atoms with Gasteiger partial charge in [0.2, 0.25) is 0 Å². The van der Waals surface area contributed by atoms with Crippen molar-refractivity contribution in [3.63, 3.8) is 0 Å². The molecule has 2 aromatic rings. The topological polar surface area (TPSA) is 97.4 Å². The summed E-state index contributed by atoms with van der Waals surface area (Å²) in [6.07, 6.45) is 0.0875. The second-order valence-electron chi connectivity index (χ2n) is 6.18. The van der Waals surface area contributed by atoms with Crippen LogP contribution in [0.25, 0.3) is 0 Å². The van der Waals surface area contributed by atoms with Crippen LogP contribution in [0.4, 0.5) is 5.69 Å². The Morgan fingerprint density at radius 3 is 2.26 bits per heavy atom. The second kappa shape index (κ2) is 7.43. The van der Waals surface area contributed by atoms with Gasteiger partial charge in [0.1, 0.15) is 0 Å². The molecule has 1 heterocycles. The van der Waals surface area contributed by atoms with Gasteiger partial charge in [-0.1, -0.05) is 23.2 Å². The van der Waals surface area contributed by atoms with Gasteiger partial charge in [0, 0.05) is 11.3 Å². The number of carbonyl (C=O) groups is 1. The molecule has 1 amide bonds. The molecule has 1 N–H and O–H groups in total. The second-order valence-corrected chi connectivity index (χ2v) is 11.4. The zero-order chi connectivity index (χ0) is 19.8. The first kappa shape index (κ1) is 20.1. The molecular formula is C17H15Cl2NO5S2. The molecule has 1 atom stereocenters. The van der Waals surface area contributed by atoms with Crippen molar-refractivity contribution in [2.45, 2.75) is 16.6 Å². The molecule has 0 spiro atoms. The molecule has 6 nitrogen and oxygen atoms in total. The Morgan fingerprint density at radius 1 is 1.04 bits per heavy atom. The van der Waals surface area contributed by atoms with Crippen LogP contribution in [-0.4, -0.2) is 39.5 Å². The van der Waals surface area contributed by atoms with Crippen LogP contribution in [0, 0.1) is 0 Å². The molecule has 1 fully saturated rings. The molecule has 1 saturated heterocycles. The molecule has 1 unspecified atom stereocenters. The van der Waals surface area contributed by atoms with Crippen molar-refractivity contribution in [2.24, 2.45) is 0 Å². The lowest BCUT2D eigenvalue weighted by Crippen LogP contribution is -2.22. The van der Waals surface area contributed by atoms with Gasteiger partial charge in [-0.15, -0.1) is 0 Å². The highest BCUT2D eigenvalue weighted by molar-refractivity contribution is 7.96. The van der Waals surface area contributed by atoms with E-state index in [0.29, 0.717) is 15.7 Å². The lowest BCUT2D eigenvalue weighted by molar-refractivity contribution is 0.102. The maximum Gasteiger partial charge on any atom is 0.255 e. The van der Waals surface area contributed by atoms with Gasteiger partial charge in [-0.3, -0.25) is 4.79 Å². The first-order valence-electron chi connectivity index (χ1n) is 7.89. The maximum atomic E-state index is 12.6. The van der Waals surface area contributed by atoms with Crippen LogP contribution < -0.4 is 5.32 Å². The van der Waals surface area contributed by atoms with Crippen molar-refractivity contribution in [3.8, 4) is 0 Å². The first-order chi connectivity index (χ1) is 12.6. The van der Waals surface area contributed by atoms with Crippen LogP contribution in [0.15, 0.2) is 47.4 Å². The molecule has 144 valence electrons. The Hall–Kier alpha value is -1.61. The largest absolute Gasteiger partial charge is 0.322 e. The standard InChI is InChI=1S/C17H15Cl2NO5S2/c18-15-6-3-12(9-16(15)19)20-17(21)11-1-4-13(5-2-11)27(24,25)14-7-8-26(22,23)10-14/h1-6,9,14H,7-8,10H2,(H,20,21). The number of halogens is 2. The molecule has 0 bridgehead atoms. The quantitative estimate of drug-likeness (QED) is 0.775. The van der Waals surface area contributed by atoms with Crippen LogP contribution in [0.5, 0.6) is 0 Å². The summed E-state index contributed by atoms with van der Waals surface area (Å²) in [7, 11) is -7.08. The highest BCUT2D eigenvalue weighted by atomic mass is 35.5. The monoisotopic (exact) mass is 447 g/mol. The minimum Gasteiger partial charge on any atom is -0.322 e. The molecule has 1 aliphatic heterocycles. The third-order valence-corrected chi connectivity index (χ3v) is 9.18. The third-order valence-electron chi connectivity index (χ3n) is 4.25. The molecule has 27 heavy (non-hydrogen) atoms. The number of hydrogen-bond donors (Lipinski definition) is 1. The predicted octanol–water partition coefficient (Wildman–Crippen LogP) is 3.21. The zero-order valence-corrected chi connectivity index (χ0v) is 17.0. The van der Waals surface area contributed by atoms with Gasteiger partial charge in [0.05, 0.1) is 31.7 Å². The Balaban J connectivity index is 1.76. The van der Waals surface area contributed by atoms with Crippen LogP contribution >= 0.6 is 23.2 Å². The number of anilines is 1. The van der Waals surface area contributed by atoms with Crippen LogP contribution in [-0.2, 0) is 19.7 Å². The van der Waals surface area contributed by atoms with Crippen LogP contribution in [0.1, 0.15) is 16.8 Å². The number of rotatable bonds is 4. The first-order valence-corrected chi connectivity index (χ1v) is 12.0. The van der Waals surface area contributed by atoms with E-state index >= 15 is 0 Å². The van der Waals surface area contributed by atoms with E-state index in [1.807, 2.05) is 0 Å². The summed E-state index contributed by atoms with van der Waals surface area (Å²) < 4.78 is 48.2. The molecule has 0 aromatic heterocycles.